The van der Waals surface area contributed by atoms with E-state index in [0.29, 0.717) is 0 Å². The minimum atomic E-state index is 1.21. The van der Waals surface area contributed by atoms with E-state index in [1.807, 2.05) is 5.82 Å². The van der Waals surface area contributed by atoms with E-state index in [-0.39, 0.29) is 0 Å². The summed E-state index contributed by atoms with van der Waals surface area (Å²) in [6.45, 7) is 2.30. The Labute approximate surface area is 169 Å². The summed E-state index contributed by atoms with van der Waals surface area (Å²) in [5, 5.41) is 0. The molecule has 0 bridgehead atoms. The fourth-order valence-corrected chi connectivity index (χ4v) is 3.92. The van der Waals surface area contributed by atoms with Crippen molar-refractivity contribution in [2.24, 2.45) is 0 Å². The summed E-state index contributed by atoms with van der Waals surface area (Å²) in [4.78, 5) is 0. The Morgan fingerprint density at radius 1 is 0.423 bits per heavy atom. The molecular formula is C25H49P. The third-order valence-corrected chi connectivity index (χ3v) is 5.79. The molecule has 26 heavy (non-hydrogen) atoms. The van der Waals surface area contributed by atoms with Crippen molar-refractivity contribution in [2.75, 3.05) is 0 Å². The number of unbranched alkanes of at least 4 members (excludes halogenated alkanes) is 21. The summed E-state index contributed by atoms with van der Waals surface area (Å²) < 4.78 is 0. The molecule has 0 aromatic heterocycles. The Morgan fingerprint density at radius 2 is 0.692 bits per heavy atom. The zero-order valence-electron chi connectivity index (χ0n) is 18.2. The Bertz CT molecular complexity index is 259. The lowest BCUT2D eigenvalue weighted by molar-refractivity contribution is 0.520. The zero-order chi connectivity index (χ0) is 19.0. The average molecular weight is 381 g/mol. The van der Waals surface area contributed by atoms with Crippen molar-refractivity contribution in [3.63, 3.8) is 0 Å². The van der Waals surface area contributed by atoms with Gasteiger partial charge in [-0.3, -0.25) is 0 Å². The van der Waals surface area contributed by atoms with Crippen LogP contribution in [0.15, 0.2) is 11.9 Å². The van der Waals surface area contributed by atoms with E-state index in [1.165, 1.54) is 141 Å². The molecule has 1 heteroatoms. The lowest BCUT2D eigenvalue weighted by Gasteiger charge is -2.04. The molecule has 0 aliphatic heterocycles. The first-order chi connectivity index (χ1) is 12.9. The van der Waals surface area contributed by atoms with Crippen molar-refractivity contribution >= 4 is 9.24 Å². The molecule has 0 unspecified atom stereocenters. The molecule has 2 radical (unpaired) electrons. The summed E-state index contributed by atoms with van der Waals surface area (Å²) >= 11 is 0. The molecule has 0 fully saturated rings. The van der Waals surface area contributed by atoms with Gasteiger partial charge in [0.1, 0.15) is 0 Å². The van der Waals surface area contributed by atoms with Gasteiger partial charge in [0.2, 0.25) is 0 Å². The topological polar surface area (TPSA) is 0 Å². The van der Waals surface area contributed by atoms with Crippen LogP contribution in [-0.2, 0) is 0 Å². The van der Waals surface area contributed by atoms with Gasteiger partial charge in [-0.2, -0.15) is 0 Å². The first-order valence-corrected chi connectivity index (χ1v) is 12.7. The largest absolute Gasteiger partial charge is 0.0834 e. The maximum Gasteiger partial charge on any atom is -0.0146 e. The van der Waals surface area contributed by atoms with Gasteiger partial charge in [0.25, 0.3) is 0 Å². The van der Waals surface area contributed by atoms with E-state index >= 15 is 0 Å². The highest BCUT2D eigenvalue weighted by Gasteiger charge is 1.95. The van der Waals surface area contributed by atoms with Crippen LogP contribution in [0.5, 0.6) is 0 Å². The Morgan fingerprint density at radius 3 is 0.962 bits per heavy atom. The van der Waals surface area contributed by atoms with Gasteiger partial charge in [0.05, 0.1) is 0 Å². The third kappa shape index (κ3) is 24.2. The highest BCUT2D eigenvalue weighted by Crippen LogP contribution is 2.15. The van der Waals surface area contributed by atoms with Crippen molar-refractivity contribution < 1.29 is 0 Å². The Hall–Kier alpha value is 0.170. The predicted octanol–water partition coefficient (Wildman–Crippen LogP) is 10.5. The second-order valence-corrected chi connectivity index (χ2v) is 8.54. The van der Waals surface area contributed by atoms with E-state index in [4.69, 9.17) is 0 Å². The van der Waals surface area contributed by atoms with E-state index in [0.717, 1.165) is 0 Å². The molecular weight excluding hydrogens is 331 g/mol. The monoisotopic (exact) mass is 380 g/mol. The van der Waals surface area contributed by atoms with Gasteiger partial charge in [0.15, 0.2) is 0 Å². The lowest BCUT2D eigenvalue weighted by atomic mass is 10.0. The minimum absolute atomic E-state index is 1.21. The Kier molecular flexibility index (Phi) is 25.3. The summed E-state index contributed by atoms with van der Waals surface area (Å²) in [6.07, 6.45) is 34.0. The molecule has 0 spiro atoms. The number of rotatable bonds is 22. The highest BCUT2D eigenvalue weighted by atomic mass is 31.0. The van der Waals surface area contributed by atoms with Crippen LogP contribution in [0.25, 0.3) is 0 Å². The first-order valence-electron chi connectivity index (χ1n) is 12.2. The van der Waals surface area contributed by atoms with Crippen molar-refractivity contribution in [2.45, 2.75) is 148 Å². The predicted molar refractivity (Wildman–Crippen MR) is 123 cm³/mol. The van der Waals surface area contributed by atoms with Gasteiger partial charge in [-0.05, 0) is 22.1 Å². The SMILES string of the molecule is CCCCCCCCCCCCCCCCCCCCCCCC=C[P]. The van der Waals surface area contributed by atoms with Crippen LogP contribution in [0.4, 0.5) is 0 Å². The summed E-state index contributed by atoms with van der Waals surface area (Å²) in [5.41, 5.74) is 0. The second kappa shape index (κ2) is 25.2. The van der Waals surface area contributed by atoms with Crippen molar-refractivity contribution in [1.82, 2.24) is 0 Å². The second-order valence-electron chi connectivity index (χ2n) is 8.24. The van der Waals surface area contributed by atoms with E-state index in [1.54, 1.807) is 0 Å². The van der Waals surface area contributed by atoms with Crippen LogP contribution in [0.2, 0.25) is 0 Å². The highest BCUT2D eigenvalue weighted by molar-refractivity contribution is 7.20. The summed E-state index contributed by atoms with van der Waals surface area (Å²) in [7, 11) is 4.09. The van der Waals surface area contributed by atoms with Gasteiger partial charge < -0.3 is 0 Å². The summed E-state index contributed by atoms with van der Waals surface area (Å²) in [5.74, 6) is 1.87. The molecule has 0 rings (SSSR count). The molecule has 0 nitrogen and oxygen atoms in total. The van der Waals surface area contributed by atoms with Crippen LogP contribution in [0, 0.1) is 0 Å². The van der Waals surface area contributed by atoms with Crippen molar-refractivity contribution in [3.05, 3.63) is 11.9 Å². The lowest BCUT2D eigenvalue weighted by Crippen LogP contribution is -1.84. The molecule has 0 heterocycles. The maximum absolute atomic E-state index is 4.09. The van der Waals surface area contributed by atoms with Gasteiger partial charge >= 0.3 is 0 Å². The molecule has 0 aliphatic carbocycles. The van der Waals surface area contributed by atoms with Gasteiger partial charge in [-0.1, -0.05) is 147 Å². The van der Waals surface area contributed by atoms with Crippen LogP contribution in [0.3, 0.4) is 0 Å². The van der Waals surface area contributed by atoms with Crippen molar-refractivity contribution in [3.8, 4) is 0 Å². The van der Waals surface area contributed by atoms with Crippen LogP contribution < -0.4 is 0 Å². The number of hydrogen-bond donors (Lipinski definition) is 0. The Balaban J connectivity index is 2.97. The molecule has 0 aromatic rings. The quantitative estimate of drug-likeness (QED) is 0.129. The molecule has 0 N–H and O–H groups in total. The van der Waals surface area contributed by atoms with E-state index < -0.39 is 0 Å². The number of hydrogen-bond acceptors (Lipinski definition) is 0. The third-order valence-electron chi connectivity index (χ3n) is 5.58. The zero-order valence-corrected chi connectivity index (χ0v) is 19.1. The van der Waals surface area contributed by atoms with Crippen LogP contribution >= 0.6 is 9.24 Å². The molecule has 0 saturated heterocycles. The fourth-order valence-electron chi connectivity index (χ4n) is 3.77. The van der Waals surface area contributed by atoms with Crippen LogP contribution in [0.1, 0.15) is 148 Å². The first kappa shape index (κ1) is 26.2. The van der Waals surface area contributed by atoms with Gasteiger partial charge in [-0.15, -0.1) is 0 Å². The summed E-state index contributed by atoms with van der Waals surface area (Å²) in [6, 6.07) is 0. The molecule has 154 valence electrons. The van der Waals surface area contributed by atoms with Gasteiger partial charge in [-0.25, -0.2) is 0 Å². The van der Waals surface area contributed by atoms with E-state index in [9.17, 15) is 0 Å². The molecule has 0 atom stereocenters. The molecule has 0 amide bonds. The average Bonchev–Trinajstić information content (AvgIpc) is 2.66. The number of allylic oxidation sites excluding steroid dienone is 1. The standard InChI is InChI=1S/C25H49P/c1-2-3-4-5-6-7-8-9-10-11-12-13-14-15-16-17-18-19-20-21-22-23-24-25-26/h24-25H,2-23H2,1H3. The molecule has 0 aromatic carbocycles. The normalized spacial score (nSPS) is 11.6. The van der Waals surface area contributed by atoms with E-state index in [2.05, 4.69) is 22.2 Å². The maximum atomic E-state index is 4.09. The molecule has 0 aliphatic rings. The minimum Gasteiger partial charge on any atom is -0.0834 e. The molecule has 0 saturated carbocycles. The van der Waals surface area contributed by atoms with Crippen molar-refractivity contribution in [1.29, 1.82) is 0 Å². The fraction of sp³-hybridized carbons (Fsp3) is 0.920. The van der Waals surface area contributed by atoms with Crippen LogP contribution in [-0.4, -0.2) is 0 Å². The smallest absolute Gasteiger partial charge is 0.0146 e. The van der Waals surface area contributed by atoms with Gasteiger partial charge in [0, 0.05) is 0 Å².